The highest BCUT2D eigenvalue weighted by Crippen LogP contribution is 2.34. The van der Waals surface area contributed by atoms with Crippen LogP contribution in [0.5, 0.6) is 0 Å². The lowest BCUT2D eigenvalue weighted by molar-refractivity contribution is 0.0948. The Kier molecular flexibility index (Phi) is 6.31. The molecule has 2 aromatic rings. The molecule has 5 heteroatoms. The molecule has 0 saturated carbocycles. The maximum absolute atomic E-state index is 12.3. The van der Waals surface area contributed by atoms with Gasteiger partial charge in [-0.3, -0.25) is 4.79 Å². The number of likely N-dealkylation sites (N-methyl/N-ethyl adjacent to an activating group) is 1. The zero-order chi connectivity index (χ0) is 15.9. The summed E-state index contributed by atoms with van der Waals surface area (Å²) in [6.07, 6.45) is 0. The zero-order valence-electron chi connectivity index (χ0n) is 12.7. The Bertz CT molecular complexity index is 646. The average Bonchev–Trinajstić information content (AvgIpc) is 2.49. The van der Waals surface area contributed by atoms with Gasteiger partial charge < -0.3 is 10.2 Å². The van der Waals surface area contributed by atoms with Gasteiger partial charge in [-0.25, -0.2) is 0 Å². The highest BCUT2D eigenvalue weighted by Gasteiger charge is 2.12. The number of amides is 1. The maximum Gasteiger partial charge on any atom is 0.252 e. The normalized spacial score (nSPS) is 10.7. The number of hydrogen-bond acceptors (Lipinski definition) is 3. The van der Waals surface area contributed by atoms with Crippen molar-refractivity contribution in [3.63, 3.8) is 0 Å². The summed E-state index contributed by atoms with van der Waals surface area (Å²) in [5.41, 5.74) is 0.672. The summed E-state index contributed by atoms with van der Waals surface area (Å²) in [6.45, 7) is 1.43. The molecule has 0 unspecified atom stereocenters. The molecule has 0 aliphatic heterocycles. The summed E-state index contributed by atoms with van der Waals surface area (Å²) in [5, 5.41) is 3.63. The summed E-state index contributed by atoms with van der Waals surface area (Å²) in [7, 11) is 3.96. The third kappa shape index (κ3) is 4.77. The lowest BCUT2D eigenvalue weighted by Gasteiger charge is -2.12. The second kappa shape index (κ2) is 8.22. The molecule has 2 aromatic carbocycles. The molecule has 0 aliphatic rings. The van der Waals surface area contributed by atoms with Gasteiger partial charge in [0, 0.05) is 22.9 Å². The van der Waals surface area contributed by atoms with E-state index in [-0.39, 0.29) is 5.91 Å². The number of nitrogens with zero attached hydrogens (tertiary/aromatic N) is 1. The Morgan fingerprint density at radius 2 is 1.73 bits per heavy atom. The molecule has 0 fully saturated rings. The van der Waals surface area contributed by atoms with E-state index in [1.54, 1.807) is 0 Å². The van der Waals surface area contributed by atoms with Crippen LogP contribution >= 0.6 is 23.4 Å². The second-order valence-electron chi connectivity index (χ2n) is 5.09. The monoisotopic (exact) mass is 334 g/mol. The number of benzene rings is 2. The predicted octanol–water partition coefficient (Wildman–Crippen LogP) is 3.78. The Labute approximate surface area is 140 Å². The third-order valence-electron chi connectivity index (χ3n) is 3.03. The quantitative estimate of drug-likeness (QED) is 0.872. The van der Waals surface area contributed by atoms with Gasteiger partial charge in [-0.2, -0.15) is 0 Å². The topological polar surface area (TPSA) is 32.3 Å². The molecule has 0 bridgehead atoms. The van der Waals surface area contributed by atoms with E-state index in [4.69, 9.17) is 11.6 Å². The predicted molar refractivity (Wildman–Crippen MR) is 92.9 cm³/mol. The fourth-order valence-electron chi connectivity index (χ4n) is 1.88. The van der Waals surface area contributed by atoms with Crippen molar-refractivity contribution in [3.8, 4) is 0 Å². The molecular formula is C17H19ClN2OS. The van der Waals surface area contributed by atoms with Crippen LogP contribution in [0.15, 0.2) is 58.3 Å². The zero-order valence-corrected chi connectivity index (χ0v) is 14.2. The minimum absolute atomic E-state index is 0.0583. The summed E-state index contributed by atoms with van der Waals surface area (Å²) >= 11 is 7.70. The van der Waals surface area contributed by atoms with Gasteiger partial charge >= 0.3 is 0 Å². The van der Waals surface area contributed by atoms with Crippen LogP contribution in [-0.2, 0) is 0 Å². The molecule has 116 valence electrons. The van der Waals surface area contributed by atoms with Crippen LogP contribution in [0.25, 0.3) is 0 Å². The number of carbonyl (C=O) groups excluding carboxylic acids is 1. The molecule has 3 nitrogen and oxygen atoms in total. The van der Waals surface area contributed by atoms with Gasteiger partial charge in [-0.1, -0.05) is 47.6 Å². The minimum atomic E-state index is -0.0583. The van der Waals surface area contributed by atoms with Crippen molar-refractivity contribution in [1.29, 1.82) is 0 Å². The fourth-order valence-corrected chi connectivity index (χ4v) is 3.10. The summed E-state index contributed by atoms with van der Waals surface area (Å²) in [4.78, 5) is 16.2. The van der Waals surface area contributed by atoms with Crippen molar-refractivity contribution >= 4 is 29.3 Å². The minimum Gasteiger partial charge on any atom is -0.351 e. The van der Waals surface area contributed by atoms with Crippen molar-refractivity contribution in [3.05, 3.63) is 59.1 Å². The first-order valence-corrected chi connectivity index (χ1v) is 8.21. The molecule has 0 aromatic heterocycles. The van der Waals surface area contributed by atoms with Gasteiger partial charge in [0.05, 0.1) is 10.6 Å². The molecule has 0 atom stereocenters. The first-order chi connectivity index (χ1) is 10.6. The van der Waals surface area contributed by atoms with Crippen molar-refractivity contribution in [2.75, 3.05) is 27.2 Å². The maximum atomic E-state index is 12.3. The Morgan fingerprint density at radius 3 is 2.41 bits per heavy atom. The highest BCUT2D eigenvalue weighted by molar-refractivity contribution is 7.99. The summed E-state index contributed by atoms with van der Waals surface area (Å²) in [5.74, 6) is -0.0583. The Balaban J connectivity index is 2.13. The van der Waals surface area contributed by atoms with Crippen molar-refractivity contribution in [2.24, 2.45) is 0 Å². The van der Waals surface area contributed by atoms with Crippen LogP contribution in [0.4, 0.5) is 0 Å². The molecule has 22 heavy (non-hydrogen) atoms. The van der Waals surface area contributed by atoms with Crippen LogP contribution in [0.1, 0.15) is 10.4 Å². The van der Waals surface area contributed by atoms with E-state index >= 15 is 0 Å². The van der Waals surface area contributed by atoms with E-state index in [0.717, 1.165) is 16.3 Å². The van der Waals surface area contributed by atoms with Gasteiger partial charge in [0.2, 0.25) is 0 Å². The largest absolute Gasteiger partial charge is 0.351 e. The number of rotatable bonds is 6. The van der Waals surface area contributed by atoms with E-state index in [2.05, 4.69) is 5.32 Å². The average molecular weight is 335 g/mol. The third-order valence-corrected chi connectivity index (χ3v) is 4.63. The molecule has 0 radical (unpaired) electrons. The fraction of sp³-hybridized carbons (Fsp3) is 0.235. The number of nitrogens with one attached hydrogen (secondary N) is 1. The molecular weight excluding hydrogens is 316 g/mol. The molecule has 0 heterocycles. The molecule has 1 N–H and O–H groups in total. The van der Waals surface area contributed by atoms with Gasteiger partial charge in [0.25, 0.3) is 5.91 Å². The van der Waals surface area contributed by atoms with Gasteiger partial charge in [0.15, 0.2) is 0 Å². The van der Waals surface area contributed by atoms with Crippen LogP contribution in [0.2, 0.25) is 5.02 Å². The molecule has 0 spiro atoms. The van der Waals surface area contributed by atoms with Crippen molar-refractivity contribution in [2.45, 2.75) is 9.79 Å². The highest BCUT2D eigenvalue weighted by atomic mass is 35.5. The first-order valence-electron chi connectivity index (χ1n) is 7.02. The van der Waals surface area contributed by atoms with Gasteiger partial charge in [-0.05, 0) is 38.4 Å². The summed E-state index contributed by atoms with van der Waals surface area (Å²) < 4.78 is 0. The Hall–Kier alpha value is -1.49. The van der Waals surface area contributed by atoms with Crippen LogP contribution in [0, 0.1) is 0 Å². The van der Waals surface area contributed by atoms with Crippen LogP contribution < -0.4 is 5.32 Å². The lowest BCUT2D eigenvalue weighted by atomic mass is 10.2. The second-order valence-corrected chi connectivity index (χ2v) is 6.58. The van der Waals surface area contributed by atoms with Crippen LogP contribution in [0.3, 0.4) is 0 Å². The molecule has 1 amide bonds. The van der Waals surface area contributed by atoms with Gasteiger partial charge in [-0.15, -0.1) is 0 Å². The SMILES string of the molecule is CN(C)CCNC(=O)c1ccccc1Sc1ccccc1Cl. The van der Waals surface area contributed by atoms with Crippen LogP contribution in [-0.4, -0.2) is 38.0 Å². The van der Waals surface area contributed by atoms with E-state index < -0.39 is 0 Å². The van der Waals surface area contributed by atoms with E-state index in [9.17, 15) is 4.79 Å². The molecule has 2 rings (SSSR count). The Morgan fingerprint density at radius 1 is 1.09 bits per heavy atom. The molecule has 0 aliphatic carbocycles. The molecule has 0 saturated heterocycles. The standard InChI is InChI=1S/C17H19ClN2OS/c1-20(2)12-11-19-17(21)13-7-3-5-9-15(13)22-16-10-6-4-8-14(16)18/h3-10H,11-12H2,1-2H3,(H,19,21). The van der Waals surface area contributed by atoms with E-state index in [1.165, 1.54) is 11.8 Å². The van der Waals surface area contributed by atoms with Gasteiger partial charge in [0.1, 0.15) is 0 Å². The summed E-state index contributed by atoms with van der Waals surface area (Å²) in [6, 6.07) is 15.2. The first kappa shape index (κ1) is 16.9. The van der Waals surface area contributed by atoms with Crippen molar-refractivity contribution in [1.82, 2.24) is 10.2 Å². The number of carbonyl (C=O) groups is 1. The van der Waals surface area contributed by atoms with Crippen molar-refractivity contribution < 1.29 is 4.79 Å². The number of hydrogen-bond donors (Lipinski definition) is 1. The lowest BCUT2D eigenvalue weighted by Crippen LogP contribution is -2.31. The number of halogens is 1. The smallest absolute Gasteiger partial charge is 0.252 e. The van der Waals surface area contributed by atoms with E-state index in [0.29, 0.717) is 17.1 Å². The van der Waals surface area contributed by atoms with E-state index in [1.807, 2.05) is 67.5 Å².